The first-order chi connectivity index (χ1) is 16.0. The summed E-state index contributed by atoms with van der Waals surface area (Å²) >= 11 is 0. The van der Waals surface area contributed by atoms with Gasteiger partial charge in [-0.1, -0.05) is 30.3 Å². The van der Waals surface area contributed by atoms with Gasteiger partial charge < -0.3 is 20.4 Å². The Morgan fingerprint density at radius 2 is 1.38 bits per heavy atom. The van der Waals surface area contributed by atoms with Gasteiger partial charge in [0.25, 0.3) is 11.8 Å². The number of hydrogen-bond donors (Lipinski definition) is 2. The van der Waals surface area contributed by atoms with Crippen molar-refractivity contribution in [1.29, 1.82) is 0 Å². The second-order valence-electron chi connectivity index (χ2n) is 8.46. The van der Waals surface area contributed by atoms with Crippen molar-refractivity contribution in [2.24, 2.45) is 0 Å². The third-order valence-corrected chi connectivity index (χ3v) is 6.03. The molecule has 6 nitrogen and oxygen atoms in total. The van der Waals surface area contributed by atoms with Gasteiger partial charge >= 0.3 is 0 Å². The summed E-state index contributed by atoms with van der Waals surface area (Å²) in [4.78, 5) is 30.5. The highest BCUT2D eigenvalue weighted by Crippen LogP contribution is 2.22. The Morgan fingerprint density at radius 3 is 2.12 bits per heavy atom. The molecule has 1 aliphatic rings. The van der Waals surface area contributed by atoms with E-state index in [1.165, 1.54) is 0 Å². The quantitative estimate of drug-likeness (QED) is 0.537. The van der Waals surface area contributed by atoms with Crippen LogP contribution in [0.3, 0.4) is 0 Å². The van der Waals surface area contributed by atoms with E-state index in [1.807, 2.05) is 55.5 Å². The van der Waals surface area contributed by atoms with Crippen molar-refractivity contribution in [2.45, 2.75) is 13.3 Å². The molecular weight excluding hydrogens is 448 g/mol. The molecule has 3 aromatic rings. The molecule has 178 valence electrons. The maximum Gasteiger partial charge on any atom is 0.257 e. The number of aryl methyl sites for hydroxylation is 1. The van der Waals surface area contributed by atoms with Gasteiger partial charge in [0.1, 0.15) is 0 Å². The molecule has 7 heteroatoms. The van der Waals surface area contributed by atoms with Gasteiger partial charge in [-0.2, -0.15) is 0 Å². The van der Waals surface area contributed by atoms with E-state index in [-0.39, 0.29) is 24.2 Å². The smallest absolute Gasteiger partial charge is 0.257 e. The fourth-order valence-corrected chi connectivity index (χ4v) is 4.02. The molecule has 0 bridgehead atoms. The summed E-state index contributed by atoms with van der Waals surface area (Å²) in [6.45, 7) is 6.07. The molecule has 0 atom stereocenters. The van der Waals surface area contributed by atoms with Crippen LogP contribution in [-0.2, 0) is 0 Å². The number of anilines is 3. The minimum atomic E-state index is -0.262. The fraction of sp³-hybridized carbons (Fsp3) is 0.259. The maximum absolute atomic E-state index is 12.9. The third kappa shape index (κ3) is 6.16. The van der Waals surface area contributed by atoms with Gasteiger partial charge in [-0.15, -0.1) is 12.4 Å². The Bertz CT molecular complexity index is 1130. The van der Waals surface area contributed by atoms with Crippen LogP contribution in [0.4, 0.5) is 17.1 Å². The van der Waals surface area contributed by atoms with Crippen LogP contribution in [0.15, 0.2) is 72.8 Å². The number of hydrogen-bond acceptors (Lipinski definition) is 4. The van der Waals surface area contributed by atoms with Crippen LogP contribution in [0.25, 0.3) is 0 Å². The summed E-state index contributed by atoms with van der Waals surface area (Å²) in [5.74, 6) is -0.505. The largest absolute Gasteiger partial charge is 0.370 e. The highest BCUT2D eigenvalue weighted by atomic mass is 35.5. The van der Waals surface area contributed by atoms with Crippen LogP contribution in [0.1, 0.15) is 32.7 Å². The average molecular weight is 479 g/mol. The standard InChI is InChI=1S/C27H30N4O2.ClH/c1-20-8-3-5-10-24(20)28-27(33)23-9-4-6-11-25(23)29-26(32)21-12-14-22(15-13-21)31-17-7-16-30(2)18-19-31;/h3-6,8-15H,7,16-19H2,1-2H3,(H,28,33)(H,29,32);1H. The van der Waals surface area contributed by atoms with Crippen LogP contribution >= 0.6 is 12.4 Å². The van der Waals surface area contributed by atoms with Crippen molar-refractivity contribution in [1.82, 2.24) is 4.90 Å². The van der Waals surface area contributed by atoms with E-state index < -0.39 is 0 Å². The van der Waals surface area contributed by atoms with Gasteiger partial charge in [0.2, 0.25) is 0 Å². The Hall–Kier alpha value is -3.35. The molecule has 0 aromatic heterocycles. The molecule has 4 rings (SSSR count). The highest BCUT2D eigenvalue weighted by Gasteiger charge is 2.16. The van der Waals surface area contributed by atoms with Gasteiger partial charge in [-0.05, 0) is 75.0 Å². The van der Waals surface area contributed by atoms with E-state index >= 15 is 0 Å². The van der Waals surface area contributed by atoms with E-state index in [4.69, 9.17) is 0 Å². The van der Waals surface area contributed by atoms with Gasteiger partial charge in [-0.3, -0.25) is 9.59 Å². The van der Waals surface area contributed by atoms with E-state index in [2.05, 4.69) is 27.5 Å². The normalized spacial score (nSPS) is 14.0. The molecule has 0 unspecified atom stereocenters. The Labute approximate surface area is 207 Å². The van der Waals surface area contributed by atoms with Crippen molar-refractivity contribution < 1.29 is 9.59 Å². The summed E-state index contributed by atoms with van der Waals surface area (Å²) in [5.41, 5.74) is 4.30. The molecule has 1 fully saturated rings. The number of amides is 2. The first-order valence-electron chi connectivity index (χ1n) is 11.3. The summed E-state index contributed by atoms with van der Waals surface area (Å²) in [6.07, 6.45) is 1.13. The van der Waals surface area contributed by atoms with Crippen molar-refractivity contribution >= 4 is 41.3 Å². The summed E-state index contributed by atoms with van der Waals surface area (Å²) in [5, 5.41) is 5.84. The second-order valence-corrected chi connectivity index (χ2v) is 8.46. The molecule has 2 N–H and O–H groups in total. The van der Waals surface area contributed by atoms with Crippen LogP contribution in [0.5, 0.6) is 0 Å². The van der Waals surface area contributed by atoms with E-state index in [0.717, 1.165) is 49.5 Å². The first kappa shape index (κ1) is 25.3. The van der Waals surface area contributed by atoms with Crippen LogP contribution in [-0.4, -0.2) is 49.9 Å². The Kier molecular flexibility index (Phi) is 8.68. The van der Waals surface area contributed by atoms with Crippen molar-refractivity contribution in [3.8, 4) is 0 Å². The van der Waals surface area contributed by atoms with Gasteiger partial charge in [0.15, 0.2) is 0 Å². The van der Waals surface area contributed by atoms with Crippen molar-refractivity contribution in [3.63, 3.8) is 0 Å². The zero-order chi connectivity index (χ0) is 23.2. The number of halogens is 1. The number of likely N-dealkylation sites (N-methyl/N-ethyl adjacent to an activating group) is 1. The van der Waals surface area contributed by atoms with Crippen LogP contribution in [0, 0.1) is 6.92 Å². The molecule has 1 aliphatic heterocycles. The van der Waals surface area contributed by atoms with Crippen molar-refractivity contribution in [2.75, 3.05) is 48.8 Å². The molecule has 0 aliphatic carbocycles. The number of benzene rings is 3. The zero-order valence-electron chi connectivity index (χ0n) is 19.6. The first-order valence-corrected chi connectivity index (χ1v) is 11.3. The summed E-state index contributed by atoms with van der Waals surface area (Å²) in [6, 6.07) is 22.3. The molecule has 1 heterocycles. The molecule has 0 radical (unpaired) electrons. The zero-order valence-corrected chi connectivity index (χ0v) is 20.4. The van der Waals surface area contributed by atoms with Gasteiger partial charge in [-0.25, -0.2) is 0 Å². The minimum absolute atomic E-state index is 0. The predicted octanol–water partition coefficient (Wildman–Crippen LogP) is 5.06. The Morgan fingerprint density at radius 1 is 0.735 bits per heavy atom. The lowest BCUT2D eigenvalue weighted by Gasteiger charge is -2.23. The molecular formula is C27H31ClN4O2. The number of carbonyl (C=O) groups excluding carboxylic acids is 2. The lowest BCUT2D eigenvalue weighted by Crippen LogP contribution is -2.28. The van der Waals surface area contributed by atoms with E-state index in [1.54, 1.807) is 24.3 Å². The number of nitrogens with one attached hydrogen (secondary N) is 2. The van der Waals surface area contributed by atoms with Crippen molar-refractivity contribution in [3.05, 3.63) is 89.5 Å². The third-order valence-electron chi connectivity index (χ3n) is 6.03. The predicted molar refractivity (Wildman–Crippen MR) is 142 cm³/mol. The monoisotopic (exact) mass is 478 g/mol. The lowest BCUT2D eigenvalue weighted by atomic mass is 10.1. The number of carbonyl (C=O) groups is 2. The van der Waals surface area contributed by atoms with E-state index in [0.29, 0.717) is 16.8 Å². The summed E-state index contributed by atoms with van der Waals surface area (Å²) in [7, 11) is 2.15. The lowest BCUT2D eigenvalue weighted by molar-refractivity contribution is 0.102. The molecule has 1 saturated heterocycles. The number of para-hydroxylation sites is 2. The Balaban J connectivity index is 0.00000324. The second kappa shape index (κ2) is 11.7. The van der Waals surface area contributed by atoms with Gasteiger partial charge in [0, 0.05) is 36.6 Å². The van der Waals surface area contributed by atoms with Gasteiger partial charge in [0.05, 0.1) is 11.3 Å². The maximum atomic E-state index is 12.9. The minimum Gasteiger partial charge on any atom is -0.370 e. The van der Waals surface area contributed by atoms with Crippen LogP contribution < -0.4 is 15.5 Å². The summed E-state index contributed by atoms with van der Waals surface area (Å²) < 4.78 is 0. The fourth-order valence-electron chi connectivity index (χ4n) is 4.02. The molecule has 3 aromatic carbocycles. The molecule has 0 saturated carbocycles. The molecule has 0 spiro atoms. The number of rotatable bonds is 5. The van der Waals surface area contributed by atoms with E-state index in [9.17, 15) is 9.59 Å². The number of nitrogens with zero attached hydrogens (tertiary/aromatic N) is 2. The highest BCUT2D eigenvalue weighted by molar-refractivity contribution is 6.12. The molecule has 34 heavy (non-hydrogen) atoms. The van der Waals surface area contributed by atoms with Crippen LogP contribution in [0.2, 0.25) is 0 Å². The topological polar surface area (TPSA) is 64.7 Å². The average Bonchev–Trinajstić information content (AvgIpc) is 3.05. The molecule has 2 amide bonds. The SMILES string of the molecule is Cc1ccccc1NC(=O)c1ccccc1NC(=O)c1ccc(N2CCCN(C)CC2)cc1.Cl.